The minimum absolute atomic E-state index is 0.127. The van der Waals surface area contributed by atoms with Crippen molar-refractivity contribution in [2.45, 2.75) is 0 Å². The van der Waals surface area contributed by atoms with Gasteiger partial charge in [0.1, 0.15) is 0 Å². The number of nitro groups is 1. The molecule has 0 atom stereocenters. The minimum atomic E-state index is -0.396. The van der Waals surface area contributed by atoms with Crippen molar-refractivity contribution >= 4 is 16.6 Å². The maximum atomic E-state index is 10.4. The quantitative estimate of drug-likeness (QED) is 0.516. The molecule has 4 heteroatoms. The van der Waals surface area contributed by atoms with Gasteiger partial charge >= 0.3 is 0 Å². The maximum absolute atomic E-state index is 10.4. The summed E-state index contributed by atoms with van der Waals surface area (Å²) in [6.07, 6.45) is 1.76. The van der Waals surface area contributed by atoms with Crippen LogP contribution in [-0.2, 0) is 0 Å². The molecule has 0 spiro atoms. The van der Waals surface area contributed by atoms with Crippen molar-refractivity contribution < 1.29 is 4.92 Å². The zero-order valence-corrected chi connectivity index (χ0v) is 6.15. The SMILES string of the molecule is O=[N+]([O-])c1ccc2[15nH]ccc2c1. The molecule has 1 aromatic carbocycles. The average Bonchev–Trinajstić information content (AvgIpc) is 2.49. The van der Waals surface area contributed by atoms with Gasteiger partial charge in [-0.1, -0.05) is 0 Å². The third kappa shape index (κ3) is 0.934. The van der Waals surface area contributed by atoms with Crippen molar-refractivity contribution in [3.8, 4) is 0 Å². The molecule has 12 heavy (non-hydrogen) atoms. The molecule has 2 rings (SSSR count). The molecule has 4 nitrogen and oxygen atoms in total. The molecule has 0 saturated heterocycles. The lowest BCUT2D eigenvalue weighted by Gasteiger charge is -1.90. The fraction of sp³-hybridized carbons (Fsp3) is 0. The highest BCUT2D eigenvalue weighted by atomic mass is 16.6. The molecule has 2 aromatic rings. The van der Waals surface area contributed by atoms with E-state index in [1.807, 2.05) is 6.07 Å². The number of fused-ring (bicyclic) bond motifs is 1. The van der Waals surface area contributed by atoms with E-state index in [4.69, 9.17) is 0 Å². The number of hydrogen-bond donors (Lipinski definition) is 1. The fourth-order valence-corrected chi connectivity index (χ4v) is 1.15. The van der Waals surface area contributed by atoms with Gasteiger partial charge in [0.15, 0.2) is 0 Å². The van der Waals surface area contributed by atoms with E-state index < -0.39 is 4.92 Å². The summed E-state index contributed by atoms with van der Waals surface area (Å²) >= 11 is 0. The van der Waals surface area contributed by atoms with E-state index in [1.165, 1.54) is 6.07 Å². The van der Waals surface area contributed by atoms with Crippen molar-refractivity contribution in [2.24, 2.45) is 0 Å². The molecule has 0 radical (unpaired) electrons. The lowest BCUT2D eigenvalue weighted by atomic mass is 10.2. The Labute approximate surface area is 68.0 Å². The van der Waals surface area contributed by atoms with Gasteiger partial charge in [0, 0.05) is 29.2 Å². The van der Waals surface area contributed by atoms with Gasteiger partial charge in [0.05, 0.1) is 4.92 Å². The van der Waals surface area contributed by atoms with E-state index in [-0.39, 0.29) is 5.69 Å². The second-order valence-corrected chi connectivity index (χ2v) is 2.51. The Hall–Kier alpha value is -1.84. The first-order valence-corrected chi connectivity index (χ1v) is 3.49. The van der Waals surface area contributed by atoms with Gasteiger partial charge in [0.2, 0.25) is 0 Å². The molecule has 0 saturated carbocycles. The number of nitrogens with one attached hydrogen (secondary N) is 1. The summed E-state index contributed by atoms with van der Waals surface area (Å²) in [7, 11) is 0. The normalized spacial score (nSPS) is 10.3. The van der Waals surface area contributed by atoms with Crippen LogP contribution in [0.5, 0.6) is 0 Å². The van der Waals surface area contributed by atoms with Crippen LogP contribution in [0.3, 0.4) is 0 Å². The van der Waals surface area contributed by atoms with E-state index in [0.717, 1.165) is 10.9 Å². The van der Waals surface area contributed by atoms with E-state index in [0.29, 0.717) is 0 Å². The molecule has 1 aromatic heterocycles. The van der Waals surface area contributed by atoms with Crippen LogP contribution in [0.4, 0.5) is 5.69 Å². The largest absolute Gasteiger partial charge is 0.361 e. The van der Waals surface area contributed by atoms with Crippen molar-refractivity contribution in [3.05, 3.63) is 40.6 Å². The molecule has 0 unspecified atom stereocenters. The second-order valence-electron chi connectivity index (χ2n) is 2.51. The molecule has 60 valence electrons. The summed E-state index contributed by atoms with van der Waals surface area (Å²) in [4.78, 5) is 12.9. The first kappa shape index (κ1) is 6.84. The van der Waals surface area contributed by atoms with Crippen LogP contribution in [0.15, 0.2) is 30.5 Å². The first-order chi connectivity index (χ1) is 5.77. The maximum Gasteiger partial charge on any atom is 0.270 e. The summed E-state index contributed by atoms with van der Waals surface area (Å²) < 4.78 is 0. The fourth-order valence-electron chi connectivity index (χ4n) is 1.15. The van der Waals surface area contributed by atoms with Crippen LogP contribution >= 0.6 is 0 Å². The molecule has 0 aliphatic carbocycles. The van der Waals surface area contributed by atoms with E-state index >= 15 is 0 Å². The highest BCUT2D eigenvalue weighted by Crippen LogP contribution is 2.18. The average molecular weight is 163 g/mol. The summed E-state index contributed by atoms with van der Waals surface area (Å²) in [5.41, 5.74) is 1.04. The number of nitro benzene ring substituents is 1. The predicted molar refractivity (Wildman–Crippen MR) is 45.0 cm³/mol. The van der Waals surface area contributed by atoms with Crippen LogP contribution < -0.4 is 0 Å². The Kier molecular flexibility index (Phi) is 1.33. The number of benzene rings is 1. The smallest absolute Gasteiger partial charge is 0.270 e. The summed E-state index contributed by atoms with van der Waals surface area (Å²) in [5.74, 6) is 0. The minimum Gasteiger partial charge on any atom is -0.361 e. The summed E-state index contributed by atoms with van der Waals surface area (Å²) in [6.45, 7) is 0. The monoisotopic (exact) mass is 163 g/mol. The Morgan fingerprint density at radius 2 is 2.17 bits per heavy atom. The number of aromatic amines is 1. The van der Waals surface area contributed by atoms with Gasteiger partial charge in [0.25, 0.3) is 5.69 Å². The molecular weight excluding hydrogens is 157 g/mol. The van der Waals surface area contributed by atoms with Gasteiger partial charge in [-0.3, -0.25) is 10.1 Å². The Morgan fingerprint density at radius 1 is 1.33 bits per heavy atom. The highest BCUT2D eigenvalue weighted by Gasteiger charge is 2.05. The number of aromatic nitrogens is 1. The van der Waals surface area contributed by atoms with Gasteiger partial charge in [-0.15, -0.1) is 0 Å². The van der Waals surface area contributed by atoms with Crippen LogP contribution in [0.25, 0.3) is 10.9 Å². The zero-order chi connectivity index (χ0) is 8.55. The highest BCUT2D eigenvalue weighted by molar-refractivity contribution is 5.81. The van der Waals surface area contributed by atoms with Crippen molar-refractivity contribution in [2.75, 3.05) is 0 Å². The molecule has 0 aliphatic heterocycles. The Morgan fingerprint density at radius 3 is 2.92 bits per heavy atom. The van der Waals surface area contributed by atoms with E-state index in [1.54, 1.807) is 18.3 Å². The first-order valence-electron chi connectivity index (χ1n) is 3.49. The number of H-pyrrole nitrogens is 1. The topological polar surface area (TPSA) is 58.9 Å². The summed E-state index contributed by atoms with van der Waals surface area (Å²) in [6, 6.07) is 6.54. The third-order valence-corrected chi connectivity index (χ3v) is 1.75. The third-order valence-electron chi connectivity index (χ3n) is 1.75. The van der Waals surface area contributed by atoms with Gasteiger partial charge in [-0.2, -0.15) is 0 Å². The number of rotatable bonds is 1. The number of hydrogen-bond acceptors (Lipinski definition) is 2. The molecular formula is C8H6N2O2. The molecule has 0 aliphatic rings. The molecule has 0 bridgehead atoms. The van der Waals surface area contributed by atoms with Crippen LogP contribution in [0.1, 0.15) is 0 Å². The van der Waals surface area contributed by atoms with Crippen LogP contribution in [-0.4, -0.2) is 9.91 Å². The Bertz CT molecular complexity index is 433. The zero-order valence-electron chi connectivity index (χ0n) is 6.15. The molecule has 1 heterocycles. The van der Waals surface area contributed by atoms with Crippen molar-refractivity contribution in [1.82, 2.24) is 4.98 Å². The van der Waals surface area contributed by atoms with Gasteiger partial charge in [-0.25, -0.2) is 0 Å². The van der Waals surface area contributed by atoms with Crippen molar-refractivity contribution in [1.29, 1.82) is 0 Å². The second kappa shape index (κ2) is 2.34. The van der Waals surface area contributed by atoms with Gasteiger partial charge < -0.3 is 4.98 Å². The van der Waals surface area contributed by atoms with E-state index in [2.05, 4.69) is 4.98 Å². The molecule has 0 amide bonds. The predicted octanol–water partition coefficient (Wildman–Crippen LogP) is 2.08. The standard InChI is InChI=1S/C8H6N2O2/c11-10(12)7-1-2-8-6(5-7)3-4-9-8/h1-5,9H/i9+1. The van der Waals surface area contributed by atoms with Crippen LogP contribution in [0.2, 0.25) is 0 Å². The lowest BCUT2D eigenvalue weighted by molar-refractivity contribution is -0.384. The van der Waals surface area contributed by atoms with E-state index in [9.17, 15) is 10.1 Å². The number of non-ortho nitro benzene ring substituents is 1. The van der Waals surface area contributed by atoms with Crippen molar-refractivity contribution in [3.63, 3.8) is 0 Å². The molecule has 0 fully saturated rings. The summed E-state index contributed by atoms with van der Waals surface area (Å²) in [5, 5.41) is 11.2. The van der Waals surface area contributed by atoms with Crippen LogP contribution in [0, 0.1) is 10.1 Å². The lowest BCUT2D eigenvalue weighted by Crippen LogP contribution is -1.86. The van der Waals surface area contributed by atoms with Gasteiger partial charge in [-0.05, 0) is 12.1 Å². The Balaban J connectivity index is 2.68. The molecule has 1 N–H and O–H groups in total. The number of nitrogens with zero attached hydrogens (tertiary/aromatic N) is 1.